The van der Waals surface area contributed by atoms with Gasteiger partial charge < -0.3 is 9.80 Å². The first kappa shape index (κ1) is 18.8. The number of nitrogens with zero attached hydrogens (tertiary/aromatic N) is 6. The molecule has 2 fully saturated rings. The Bertz CT molecular complexity index is 1040. The van der Waals surface area contributed by atoms with Crippen LogP contribution in [0.25, 0.3) is 11.3 Å². The molecule has 2 aliphatic heterocycles. The fraction of sp³-hybridized carbons (Fsp3) is 0.391. The maximum absolute atomic E-state index is 13.2. The number of rotatable bonds is 4. The topological polar surface area (TPSA) is 67.2 Å². The summed E-state index contributed by atoms with van der Waals surface area (Å²) in [5.74, 6) is 0.856. The highest BCUT2D eigenvalue weighted by Gasteiger charge is 2.34. The highest BCUT2D eigenvalue weighted by Crippen LogP contribution is 2.38. The van der Waals surface area contributed by atoms with Crippen molar-refractivity contribution in [2.75, 3.05) is 24.5 Å². The Labute approximate surface area is 176 Å². The summed E-state index contributed by atoms with van der Waals surface area (Å²) in [6.45, 7) is 2.77. The molecule has 0 bridgehead atoms. The van der Waals surface area contributed by atoms with Crippen molar-refractivity contribution in [2.24, 2.45) is 7.05 Å². The van der Waals surface area contributed by atoms with Crippen molar-refractivity contribution in [1.82, 2.24) is 24.6 Å². The molecule has 1 amide bonds. The SMILES string of the molecule is Cn1ncc(-c2ccnc(N3CCCC3)n2)c1C1CCCN1C(=O)c1ccccc1. The quantitative estimate of drug-likeness (QED) is 0.669. The summed E-state index contributed by atoms with van der Waals surface area (Å²) in [7, 11) is 1.95. The molecule has 2 aromatic heterocycles. The minimum atomic E-state index is -0.00888. The van der Waals surface area contributed by atoms with Crippen LogP contribution in [0.5, 0.6) is 0 Å². The zero-order valence-electron chi connectivity index (χ0n) is 17.2. The fourth-order valence-electron chi connectivity index (χ4n) is 4.65. The van der Waals surface area contributed by atoms with Gasteiger partial charge in [0.15, 0.2) is 0 Å². The first-order valence-electron chi connectivity index (χ1n) is 10.7. The molecule has 1 unspecified atom stereocenters. The summed E-state index contributed by atoms with van der Waals surface area (Å²) in [6, 6.07) is 11.5. The Kier molecular flexibility index (Phi) is 4.94. The van der Waals surface area contributed by atoms with Crippen molar-refractivity contribution in [2.45, 2.75) is 31.7 Å². The number of hydrogen-bond donors (Lipinski definition) is 0. The van der Waals surface area contributed by atoms with Gasteiger partial charge >= 0.3 is 0 Å². The van der Waals surface area contributed by atoms with Crippen LogP contribution in [-0.2, 0) is 7.05 Å². The summed E-state index contributed by atoms with van der Waals surface area (Å²) >= 11 is 0. The smallest absolute Gasteiger partial charge is 0.254 e. The second kappa shape index (κ2) is 7.89. The molecule has 2 saturated heterocycles. The van der Waals surface area contributed by atoms with E-state index < -0.39 is 0 Å². The molecule has 4 heterocycles. The van der Waals surface area contributed by atoms with Crippen molar-refractivity contribution in [1.29, 1.82) is 0 Å². The van der Waals surface area contributed by atoms with Gasteiger partial charge in [-0.25, -0.2) is 9.97 Å². The van der Waals surface area contributed by atoms with Crippen LogP contribution in [0, 0.1) is 0 Å². The van der Waals surface area contributed by atoms with E-state index in [0.29, 0.717) is 0 Å². The van der Waals surface area contributed by atoms with E-state index in [9.17, 15) is 4.79 Å². The van der Waals surface area contributed by atoms with Gasteiger partial charge in [0.1, 0.15) is 0 Å². The molecule has 5 rings (SSSR count). The number of aryl methyl sites for hydroxylation is 1. The van der Waals surface area contributed by atoms with E-state index in [4.69, 9.17) is 4.98 Å². The molecule has 0 aliphatic carbocycles. The van der Waals surface area contributed by atoms with Gasteiger partial charge in [-0.3, -0.25) is 9.48 Å². The number of carbonyl (C=O) groups is 1. The average Bonchev–Trinajstić information content (AvgIpc) is 3.54. The Hall–Kier alpha value is -3.22. The van der Waals surface area contributed by atoms with E-state index in [-0.39, 0.29) is 11.9 Å². The van der Waals surface area contributed by atoms with Gasteiger partial charge in [0.2, 0.25) is 5.95 Å². The third kappa shape index (κ3) is 3.34. The summed E-state index contributed by atoms with van der Waals surface area (Å²) in [4.78, 5) is 26.8. The van der Waals surface area contributed by atoms with Crippen molar-refractivity contribution in [3.05, 3.63) is 60.0 Å². The van der Waals surface area contributed by atoms with Crippen LogP contribution < -0.4 is 4.90 Å². The number of hydrogen-bond acceptors (Lipinski definition) is 5. The Morgan fingerprint density at radius 1 is 1.03 bits per heavy atom. The molecule has 30 heavy (non-hydrogen) atoms. The molecule has 0 spiro atoms. The van der Waals surface area contributed by atoms with Crippen LogP contribution in [0.4, 0.5) is 5.95 Å². The lowest BCUT2D eigenvalue weighted by molar-refractivity contribution is 0.0731. The van der Waals surface area contributed by atoms with Crippen LogP contribution in [-0.4, -0.2) is 50.2 Å². The van der Waals surface area contributed by atoms with E-state index >= 15 is 0 Å². The summed E-state index contributed by atoms with van der Waals surface area (Å²) < 4.78 is 1.90. The number of carbonyl (C=O) groups excluding carboxylic acids is 1. The molecule has 7 nitrogen and oxygen atoms in total. The normalized spacial score (nSPS) is 18.9. The van der Waals surface area contributed by atoms with Gasteiger partial charge in [0.05, 0.1) is 23.6 Å². The molecular weight excluding hydrogens is 376 g/mol. The predicted octanol–water partition coefficient (Wildman–Crippen LogP) is 3.45. The van der Waals surface area contributed by atoms with E-state index in [0.717, 1.165) is 60.9 Å². The van der Waals surface area contributed by atoms with Crippen molar-refractivity contribution in [3.63, 3.8) is 0 Å². The maximum Gasteiger partial charge on any atom is 0.254 e. The third-order valence-corrected chi connectivity index (χ3v) is 6.14. The van der Waals surface area contributed by atoms with Crippen molar-refractivity contribution < 1.29 is 4.79 Å². The summed E-state index contributed by atoms with van der Waals surface area (Å²) in [6.07, 6.45) is 7.98. The summed E-state index contributed by atoms with van der Waals surface area (Å²) in [5, 5.41) is 4.54. The zero-order valence-corrected chi connectivity index (χ0v) is 17.2. The number of anilines is 1. The monoisotopic (exact) mass is 402 g/mol. The van der Waals surface area contributed by atoms with Gasteiger partial charge in [-0.05, 0) is 43.9 Å². The zero-order chi connectivity index (χ0) is 20.5. The Morgan fingerprint density at radius 3 is 2.63 bits per heavy atom. The molecule has 0 saturated carbocycles. The molecular formula is C23H26N6O. The minimum Gasteiger partial charge on any atom is -0.341 e. The lowest BCUT2D eigenvalue weighted by atomic mass is 10.0. The molecule has 154 valence electrons. The molecule has 2 aliphatic rings. The van der Waals surface area contributed by atoms with Gasteiger partial charge in [-0.15, -0.1) is 0 Å². The van der Waals surface area contributed by atoms with Crippen LogP contribution in [0.1, 0.15) is 47.8 Å². The Morgan fingerprint density at radius 2 is 1.83 bits per heavy atom. The number of likely N-dealkylation sites (tertiary alicyclic amines) is 1. The highest BCUT2D eigenvalue weighted by molar-refractivity contribution is 5.94. The fourth-order valence-corrected chi connectivity index (χ4v) is 4.65. The largest absolute Gasteiger partial charge is 0.341 e. The maximum atomic E-state index is 13.2. The van der Waals surface area contributed by atoms with Crippen LogP contribution in [0.15, 0.2) is 48.8 Å². The molecule has 0 radical (unpaired) electrons. The van der Waals surface area contributed by atoms with E-state index in [1.54, 1.807) is 0 Å². The van der Waals surface area contributed by atoms with Crippen LogP contribution in [0.2, 0.25) is 0 Å². The lowest BCUT2D eigenvalue weighted by Gasteiger charge is -2.26. The molecule has 3 aromatic rings. The average molecular weight is 403 g/mol. The lowest BCUT2D eigenvalue weighted by Crippen LogP contribution is -2.31. The third-order valence-electron chi connectivity index (χ3n) is 6.14. The first-order valence-corrected chi connectivity index (χ1v) is 10.7. The van der Waals surface area contributed by atoms with E-state index in [1.807, 2.05) is 65.4 Å². The van der Waals surface area contributed by atoms with Crippen LogP contribution >= 0.6 is 0 Å². The Balaban J connectivity index is 1.50. The van der Waals surface area contributed by atoms with Gasteiger partial charge in [0.25, 0.3) is 5.91 Å². The molecule has 1 aromatic carbocycles. The van der Waals surface area contributed by atoms with E-state index in [2.05, 4.69) is 15.0 Å². The summed E-state index contributed by atoms with van der Waals surface area (Å²) in [5.41, 5.74) is 3.63. The second-order valence-electron chi connectivity index (χ2n) is 8.03. The molecule has 7 heteroatoms. The van der Waals surface area contributed by atoms with Gasteiger partial charge in [0, 0.05) is 44.0 Å². The number of amides is 1. The number of benzene rings is 1. The minimum absolute atomic E-state index is 0.00888. The molecule has 1 atom stereocenters. The van der Waals surface area contributed by atoms with Crippen molar-refractivity contribution in [3.8, 4) is 11.3 Å². The van der Waals surface area contributed by atoms with Gasteiger partial charge in [-0.2, -0.15) is 5.10 Å². The first-order chi connectivity index (χ1) is 14.7. The van der Waals surface area contributed by atoms with E-state index in [1.165, 1.54) is 12.8 Å². The molecule has 0 N–H and O–H groups in total. The van der Waals surface area contributed by atoms with Gasteiger partial charge in [-0.1, -0.05) is 18.2 Å². The van der Waals surface area contributed by atoms with Crippen molar-refractivity contribution >= 4 is 11.9 Å². The second-order valence-corrected chi connectivity index (χ2v) is 8.03. The standard InChI is InChI=1S/C23H26N6O/c1-27-21(20-10-7-15-29(20)22(30)17-8-3-2-4-9-17)18(16-25-27)19-11-12-24-23(26-19)28-13-5-6-14-28/h2-4,8-9,11-12,16,20H,5-7,10,13-15H2,1H3. The predicted molar refractivity (Wildman–Crippen MR) is 115 cm³/mol. The van der Waals surface area contributed by atoms with Crippen LogP contribution in [0.3, 0.4) is 0 Å². The highest BCUT2D eigenvalue weighted by atomic mass is 16.2. The number of aromatic nitrogens is 4.